The van der Waals surface area contributed by atoms with Crippen molar-refractivity contribution in [3.8, 4) is 0 Å². The highest BCUT2D eigenvalue weighted by Gasteiger charge is 2.16. The maximum atomic E-state index is 12.5. The fraction of sp³-hybridized carbons (Fsp3) is 0.222. The highest BCUT2D eigenvalue weighted by atomic mass is 32.2. The summed E-state index contributed by atoms with van der Waals surface area (Å²) >= 11 is 0. The smallest absolute Gasteiger partial charge is 0.307 e. The second kappa shape index (κ2) is 7.27. The Labute approximate surface area is 150 Å². The summed E-state index contributed by atoms with van der Waals surface area (Å²) in [4.78, 5) is 27.6. The molecule has 8 heteroatoms. The lowest BCUT2D eigenvalue weighted by atomic mass is 9.98. The highest BCUT2D eigenvalue weighted by molar-refractivity contribution is 7.89. The third kappa shape index (κ3) is 3.92. The molecule has 1 heterocycles. The summed E-state index contributed by atoms with van der Waals surface area (Å²) in [5, 5.41) is 0.116. The number of nitrogens with one attached hydrogen (secondary N) is 3. The Kier molecular flexibility index (Phi) is 5.06. The number of aromatic nitrogens is 2. The van der Waals surface area contributed by atoms with Crippen LogP contribution in [-0.2, 0) is 10.0 Å². The van der Waals surface area contributed by atoms with Crippen molar-refractivity contribution in [3.05, 3.63) is 74.9 Å². The number of sulfonamides is 1. The van der Waals surface area contributed by atoms with Gasteiger partial charge >= 0.3 is 5.69 Å². The minimum atomic E-state index is -3.75. The summed E-state index contributed by atoms with van der Waals surface area (Å²) in [5.41, 5.74) is 0.174. The zero-order chi connectivity index (χ0) is 18.7. The molecule has 0 amide bonds. The van der Waals surface area contributed by atoms with Crippen LogP contribution in [0.2, 0.25) is 0 Å². The van der Waals surface area contributed by atoms with Crippen LogP contribution in [0.1, 0.15) is 24.8 Å². The molecular formula is C18H19N3O4S. The summed E-state index contributed by atoms with van der Waals surface area (Å²) < 4.78 is 27.5. The summed E-state index contributed by atoms with van der Waals surface area (Å²) in [7, 11) is -3.75. The van der Waals surface area contributed by atoms with Crippen molar-refractivity contribution in [1.29, 1.82) is 0 Å². The number of aromatic amines is 2. The molecule has 3 N–H and O–H groups in total. The van der Waals surface area contributed by atoms with Crippen LogP contribution in [0.3, 0.4) is 0 Å². The number of rotatable bonds is 6. The molecule has 1 aromatic heterocycles. The van der Waals surface area contributed by atoms with Crippen molar-refractivity contribution in [3.63, 3.8) is 0 Å². The fourth-order valence-corrected chi connectivity index (χ4v) is 3.83. The Morgan fingerprint density at radius 3 is 2.50 bits per heavy atom. The lowest BCUT2D eigenvalue weighted by Crippen LogP contribution is -2.26. The second-order valence-corrected chi connectivity index (χ2v) is 7.88. The van der Waals surface area contributed by atoms with Gasteiger partial charge in [-0.15, -0.1) is 0 Å². The van der Waals surface area contributed by atoms with Crippen molar-refractivity contribution in [2.45, 2.75) is 24.2 Å². The first kappa shape index (κ1) is 18.1. The molecule has 136 valence electrons. The quantitative estimate of drug-likeness (QED) is 0.610. The van der Waals surface area contributed by atoms with Gasteiger partial charge in [-0.05, 0) is 36.1 Å². The van der Waals surface area contributed by atoms with Crippen LogP contribution in [0.5, 0.6) is 0 Å². The van der Waals surface area contributed by atoms with Gasteiger partial charge in [0.25, 0.3) is 5.56 Å². The first-order valence-corrected chi connectivity index (χ1v) is 9.66. The third-order valence-corrected chi connectivity index (χ3v) is 5.72. The maximum absolute atomic E-state index is 12.5. The van der Waals surface area contributed by atoms with E-state index in [-0.39, 0.29) is 28.3 Å². The second-order valence-electron chi connectivity index (χ2n) is 6.11. The zero-order valence-corrected chi connectivity index (χ0v) is 15.0. The van der Waals surface area contributed by atoms with E-state index in [0.29, 0.717) is 6.42 Å². The predicted molar refractivity (Wildman–Crippen MR) is 99.9 cm³/mol. The molecule has 0 saturated heterocycles. The van der Waals surface area contributed by atoms with Gasteiger partial charge in [-0.2, -0.15) is 0 Å². The Bertz CT molecular complexity index is 1130. The normalized spacial score (nSPS) is 13.0. The van der Waals surface area contributed by atoms with E-state index in [1.807, 2.05) is 37.3 Å². The van der Waals surface area contributed by atoms with Gasteiger partial charge in [-0.3, -0.25) is 9.78 Å². The number of hydrogen-bond acceptors (Lipinski definition) is 4. The first-order valence-electron chi connectivity index (χ1n) is 8.18. The largest absolute Gasteiger partial charge is 0.326 e. The van der Waals surface area contributed by atoms with Gasteiger partial charge in [-0.1, -0.05) is 37.3 Å². The van der Waals surface area contributed by atoms with Crippen molar-refractivity contribution in [2.75, 3.05) is 6.54 Å². The van der Waals surface area contributed by atoms with E-state index in [1.165, 1.54) is 18.2 Å². The van der Waals surface area contributed by atoms with E-state index in [1.54, 1.807) is 0 Å². The summed E-state index contributed by atoms with van der Waals surface area (Å²) in [6.45, 7) is 2.31. The minimum Gasteiger partial charge on any atom is -0.307 e. The Morgan fingerprint density at radius 1 is 1.04 bits per heavy atom. The molecule has 1 unspecified atom stereocenters. The van der Waals surface area contributed by atoms with Gasteiger partial charge < -0.3 is 4.98 Å². The van der Waals surface area contributed by atoms with Crippen LogP contribution in [0, 0.1) is 0 Å². The molecule has 3 aromatic rings. The average Bonchev–Trinajstić information content (AvgIpc) is 2.61. The van der Waals surface area contributed by atoms with Crippen molar-refractivity contribution < 1.29 is 8.42 Å². The number of hydrogen-bond donors (Lipinski definition) is 3. The van der Waals surface area contributed by atoms with E-state index in [4.69, 9.17) is 0 Å². The average molecular weight is 373 g/mol. The van der Waals surface area contributed by atoms with Gasteiger partial charge in [0.1, 0.15) is 0 Å². The van der Waals surface area contributed by atoms with Crippen molar-refractivity contribution in [2.24, 2.45) is 0 Å². The zero-order valence-electron chi connectivity index (χ0n) is 14.2. The Hall–Kier alpha value is -2.71. The number of H-pyrrole nitrogens is 2. The van der Waals surface area contributed by atoms with E-state index in [9.17, 15) is 18.0 Å². The third-order valence-electron chi connectivity index (χ3n) is 4.26. The summed E-state index contributed by atoms with van der Waals surface area (Å²) in [6.07, 6.45) is 0.644. The predicted octanol–water partition coefficient (Wildman–Crippen LogP) is 1.69. The van der Waals surface area contributed by atoms with Crippen molar-refractivity contribution in [1.82, 2.24) is 14.7 Å². The monoisotopic (exact) mass is 373 g/mol. The number of fused-ring (bicyclic) bond motifs is 1. The highest BCUT2D eigenvalue weighted by Crippen LogP contribution is 2.18. The summed E-state index contributed by atoms with van der Waals surface area (Å²) in [6, 6.07) is 13.9. The molecule has 1 atom stereocenters. The van der Waals surface area contributed by atoms with E-state index in [0.717, 1.165) is 5.56 Å². The molecule has 3 rings (SSSR count). The molecule has 7 nitrogen and oxygen atoms in total. The first-order chi connectivity index (χ1) is 12.4. The minimum absolute atomic E-state index is 0.0186. The maximum Gasteiger partial charge on any atom is 0.326 e. The van der Waals surface area contributed by atoms with Gasteiger partial charge in [0.05, 0.1) is 15.8 Å². The van der Waals surface area contributed by atoms with Gasteiger partial charge in [-0.25, -0.2) is 17.9 Å². The van der Waals surface area contributed by atoms with E-state index >= 15 is 0 Å². The standard InChI is InChI=1S/C18H19N3O4S/c1-12(13-5-3-2-4-6-13)9-10-19-26(24,25)14-7-8-16-15(11-14)17(22)21-18(23)20-16/h2-8,11-12,19H,9-10H2,1H3,(H2,20,21,22,23). The molecule has 0 aliphatic carbocycles. The summed E-state index contributed by atoms with van der Waals surface area (Å²) in [5.74, 6) is 0.212. The molecule has 0 radical (unpaired) electrons. The van der Waals surface area contributed by atoms with Gasteiger partial charge in [0.2, 0.25) is 10.0 Å². The molecule has 0 saturated carbocycles. The number of benzene rings is 2. The van der Waals surface area contributed by atoms with Crippen LogP contribution in [-0.4, -0.2) is 24.9 Å². The Balaban J connectivity index is 1.75. The lowest BCUT2D eigenvalue weighted by molar-refractivity contribution is 0.572. The Morgan fingerprint density at radius 2 is 1.77 bits per heavy atom. The molecule has 0 aliphatic rings. The molecule has 2 aromatic carbocycles. The molecule has 26 heavy (non-hydrogen) atoms. The molecule has 0 bridgehead atoms. The lowest BCUT2D eigenvalue weighted by Gasteiger charge is -2.13. The van der Waals surface area contributed by atoms with Crippen LogP contribution in [0.15, 0.2) is 63.0 Å². The molecule has 0 aliphatic heterocycles. The van der Waals surface area contributed by atoms with E-state index < -0.39 is 21.3 Å². The SMILES string of the molecule is CC(CCNS(=O)(=O)c1ccc2[nH]c(=O)[nH]c(=O)c2c1)c1ccccc1. The van der Waals surface area contributed by atoms with Crippen LogP contribution in [0.4, 0.5) is 0 Å². The van der Waals surface area contributed by atoms with Crippen LogP contribution < -0.4 is 16.0 Å². The molecule has 0 fully saturated rings. The van der Waals surface area contributed by atoms with Gasteiger partial charge in [0.15, 0.2) is 0 Å². The fourth-order valence-electron chi connectivity index (χ4n) is 2.75. The molecule has 0 spiro atoms. The van der Waals surface area contributed by atoms with Crippen molar-refractivity contribution >= 4 is 20.9 Å². The van der Waals surface area contributed by atoms with E-state index in [2.05, 4.69) is 14.7 Å². The van der Waals surface area contributed by atoms with Gasteiger partial charge in [0, 0.05) is 6.54 Å². The van der Waals surface area contributed by atoms with Crippen LogP contribution >= 0.6 is 0 Å². The van der Waals surface area contributed by atoms with Crippen LogP contribution in [0.25, 0.3) is 10.9 Å². The molecular weight excluding hydrogens is 354 g/mol. The topological polar surface area (TPSA) is 112 Å².